The largest absolute Gasteiger partial charge is 0.326 e. The van der Waals surface area contributed by atoms with Gasteiger partial charge in [-0.1, -0.05) is 35.9 Å². The van der Waals surface area contributed by atoms with Crippen molar-refractivity contribution in [1.29, 1.82) is 0 Å². The van der Waals surface area contributed by atoms with E-state index in [2.05, 4.69) is 15.3 Å². The maximum atomic E-state index is 13.6. The number of halogens is 2. The van der Waals surface area contributed by atoms with Crippen LogP contribution < -0.4 is 10.9 Å². The molecule has 2 aromatic heterocycles. The maximum Gasteiger partial charge on any atom is 0.257 e. The molecular formula is C21H15ClFN5OS. The van der Waals surface area contributed by atoms with Gasteiger partial charge in [-0.3, -0.25) is 9.78 Å². The fourth-order valence-electron chi connectivity index (χ4n) is 3.92. The minimum absolute atomic E-state index is 0.202. The van der Waals surface area contributed by atoms with Crippen LogP contribution in [0.15, 0.2) is 53.3 Å². The van der Waals surface area contributed by atoms with E-state index in [1.807, 2.05) is 25.1 Å². The van der Waals surface area contributed by atoms with E-state index in [9.17, 15) is 9.18 Å². The SMILES string of the molecule is Cc1nn(-c2ccccc2Cl)c2c1C(c1ccc(F)cc1)c1c([nH]c(=S)[nH]c1=O)N2. The number of para-hydroxylation sites is 1. The van der Waals surface area contributed by atoms with Crippen molar-refractivity contribution in [2.24, 2.45) is 0 Å². The number of aromatic amines is 2. The highest BCUT2D eigenvalue weighted by atomic mass is 35.5. The molecule has 0 radical (unpaired) electrons. The first-order chi connectivity index (χ1) is 14.4. The zero-order valence-corrected chi connectivity index (χ0v) is 17.2. The Morgan fingerprint density at radius 2 is 1.83 bits per heavy atom. The number of nitrogens with zero attached hydrogens (tertiary/aromatic N) is 2. The van der Waals surface area contributed by atoms with Crippen molar-refractivity contribution >= 4 is 35.5 Å². The second-order valence-electron chi connectivity index (χ2n) is 7.02. The Balaban J connectivity index is 1.83. The molecule has 30 heavy (non-hydrogen) atoms. The molecule has 0 spiro atoms. The van der Waals surface area contributed by atoms with E-state index in [-0.39, 0.29) is 16.1 Å². The fraction of sp³-hybridized carbons (Fsp3) is 0.0952. The van der Waals surface area contributed by atoms with E-state index in [1.54, 1.807) is 22.9 Å². The van der Waals surface area contributed by atoms with Gasteiger partial charge in [0.05, 0.1) is 22.0 Å². The molecular weight excluding hydrogens is 425 g/mol. The van der Waals surface area contributed by atoms with Gasteiger partial charge in [0.2, 0.25) is 0 Å². The summed E-state index contributed by atoms with van der Waals surface area (Å²) in [5.41, 5.74) is 3.14. The zero-order valence-electron chi connectivity index (χ0n) is 15.7. The summed E-state index contributed by atoms with van der Waals surface area (Å²) < 4.78 is 15.5. The molecule has 1 atom stereocenters. The topological polar surface area (TPSA) is 78.5 Å². The van der Waals surface area contributed by atoms with Gasteiger partial charge in [-0.05, 0) is 49.0 Å². The molecule has 3 N–H and O–H groups in total. The molecule has 6 nitrogen and oxygen atoms in total. The summed E-state index contributed by atoms with van der Waals surface area (Å²) in [5.74, 6) is 0.319. The average molecular weight is 440 g/mol. The highest BCUT2D eigenvalue weighted by molar-refractivity contribution is 7.71. The highest BCUT2D eigenvalue weighted by Crippen LogP contribution is 2.45. The van der Waals surface area contributed by atoms with Crippen LogP contribution in [0.2, 0.25) is 5.02 Å². The lowest BCUT2D eigenvalue weighted by atomic mass is 9.83. The van der Waals surface area contributed by atoms with Crippen LogP contribution in [-0.2, 0) is 0 Å². The predicted molar refractivity (Wildman–Crippen MR) is 116 cm³/mol. The van der Waals surface area contributed by atoms with Crippen LogP contribution in [0.3, 0.4) is 0 Å². The van der Waals surface area contributed by atoms with Gasteiger partial charge in [0.1, 0.15) is 17.5 Å². The van der Waals surface area contributed by atoms with Gasteiger partial charge < -0.3 is 10.3 Å². The minimum Gasteiger partial charge on any atom is -0.326 e. The van der Waals surface area contributed by atoms with Crippen LogP contribution in [0, 0.1) is 17.5 Å². The third-order valence-corrected chi connectivity index (χ3v) is 5.71. The number of anilines is 2. The summed E-state index contributed by atoms with van der Waals surface area (Å²) in [5, 5.41) is 8.50. The first-order valence-corrected chi connectivity index (χ1v) is 9.96. The van der Waals surface area contributed by atoms with Crippen molar-refractivity contribution in [3.05, 3.63) is 96.9 Å². The number of nitrogens with one attached hydrogen (secondary N) is 3. The van der Waals surface area contributed by atoms with Gasteiger partial charge in [0.15, 0.2) is 4.77 Å². The molecule has 1 aliphatic heterocycles. The molecule has 9 heteroatoms. The molecule has 0 saturated heterocycles. The molecule has 2 aromatic carbocycles. The van der Waals surface area contributed by atoms with E-state index in [0.717, 1.165) is 16.8 Å². The van der Waals surface area contributed by atoms with Crippen molar-refractivity contribution in [3.8, 4) is 5.69 Å². The smallest absolute Gasteiger partial charge is 0.257 e. The quantitative estimate of drug-likeness (QED) is 0.340. The van der Waals surface area contributed by atoms with E-state index >= 15 is 0 Å². The summed E-state index contributed by atoms with van der Waals surface area (Å²) >= 11 is 11.6. The van der Waals surface area contributed by atoms with Crippen molar-refractivity contribution in [3.63, 3.8) is 0 Å². The van der Waals surface area contributed by atoms with Gasteiger partial charge >= 0.3 is 0 Å². The lowest BCUT2D eigenvalue weighted by Crippen LogP contribution is -2.26. The minimum atomic E-state index is -0.469. The van der Waals surface area contributed by atoms with Crippen LogP contribution in [0.5, 0.6) is 0 Å². The molecule has 0 bridgehead atoms. The number of benzene rings is 2. The van der Waals surface area contributed by atoms with Gasteiger partial charge in [-0.2, -0.15) is 5.10 Å². The summed E-state index contributed by atoms with van der Waals surface area (Å²) in [6, 6.07) is 13.5. The van der Waals surface area contributed by atoms with Crippen molar-refractivity contribution in [2.45, 2.75) is 12.8 Å². The number of aromatic nitrogens is 4. The molecule has 3 heterocycles. The number of aryl methyl sites for hydroxylation is 1. The monoisotopic (exact) mass is 439 g/mol. The predicted octanol–water partition coefficient (Wildman–Crippen LogP) is 4.96. The van der Waals surface area contributed by atoms with Gasteiger partial charge in [-0.15, -0.1) is 0 Å². The van der Waals surface area contributed by atoms with E-state index in [4.69, 9.17) is 28.9 Å². The second-order valence-corrected chi connectivity index (χ2v) is 7.83. The molecule has 1 unspecified atom stereocenters. The van der Waals surface area contributed by atoms with E-state index in [1.165, 1.54) is 12.1 Å². The van der Waals surface area contributed by atoms with Crippen molar-refractivity contribution in [2.75, 3.05) is 5.32 Å². The van der Waals surface area contributed by atoms with E-state index < -0.39 is 5.92 Å². The first kappa shape index (κ1) is 18.8. The Labute approximate surface area is 180 Å². The third-order valence-electron chi connectivity index (χ3n) is 5.19. The van der Waals surface area contributed by atoms with E-state index in [0.29, 0.717) is 27.9 Å². The molecule has 0 saturated carbocycles. The number of rotatable bonds is 2. The lowest BCUT2D eigenvalue weighted by molar-refractivity contribution is 0.626. The number of hydrogen-bond donors (Lipinski definition) is 3. The molecule has 0 fully saturated rings. The highest BCUT2D eigenvalue weighted by Gasteiger charge is 2.35. The Hall–Kier alpha value is -3.23. The standard InChI is InChI=1S/C21H15ClFN5OS/c1-10-15-16(11-6-8-12(23)9-7-11)17-18(25-21(30)26-20(17)29)24-19(15)28(27-10)14-5-3-2-4-13(14)22/h2-9,16H,1H3,(H3,24,25,26,29,30). The van der Waals surface area contributed by atoms with Crippen LogP contribution in [0.1, 0.15) is 28.3 Å². The molecule has 4 aromatic rings. The molecule has 0 amide bonds. The second kappa shape index (κ2) is 6.93. The third kappa shape index (κ3) is 2.88. The summed E-state index contributed by atoms with van der Waals surface area (Å²) in [7, 11) is 0. The van der Waals surface area contributed by atoms with Gasteiger partial charge in [-0.25, -0.2) is 9.07 Å². The Morgan fingerprint density at radius 3 is 2.57 bits per heavy atom. The van der Waals surface area contributed by atoms with Crippen molar-refractivity contribution < 1.29 is 4.39 Å². The van der Waals surface area contributed by atoms with Crippen LogP contribution in [-0.4, -0.2) is 19.7 Å². The average Bonchev–Trinajstić information content (AvgIpc) is 3.03. The normalized spacial score (nSPS) is 14.7. The number of H-pyrrole nitrogens is 2. The first-order valence-electron chi connectivity index (χ1n) is 9.17. The van der Waals surface area contributed by atoms with Crippen LogP contribution in [0.25, 0.3) is 5.69 Å². The molecule has 5 rings (SSSR count). The van der Waals surface area contributed by atoms with Crippen LogP contribution >= 0.6 is 23.8 Å². The Kier molecular flexibility index (Phi) is 4.34. The number of fused-ring (bicyclic) bond motifs is 2. The summed E-state index contributed by atoms with van der Waals surface area (Å²) in [6.07, 6.45) is 0. The summed E-state index contributed by atoms with van der Waals surface area (Å²) in [4.78, 5) is 18.6. The number of hydrogen-bond acceptors (Lipinski definition) is 4. The van der Waals surface area contributed by atoms with Gasteiger partial charge in [0.25, 0.3) is 5.56 Å². The zero-order chi connectivity index (χ0) is 21.0. The molecule has 1 aliphatic rings. The Bertz CT molecular complexity index is 1410. The summed E-state index contributed by atoms with van der Waals surface area (Å²) in [6.45, 7) is 1.87. The fourth-order valence-corrected chi connectivity index (χ4v) is 4.33. The van der Waals surface area contributed by atoms with Gasteiger partial charge in [0, 0.05) is 11.5 Å². The Morgan fingerprint density at radius 1 is 1.10 bits per heavy atom. The van der Waals surface area contributed by atoms with Crippen LogP contribution in [0.4, 0.5) is 16.0 Å². The lowest BCUT2D eigenvalue weighted by Gasteiger charge is -2.27. The van der Waals surface area contributed by atoms with Crippen molar-refractivity contribution in [1.82, 2.24) is 19.7 Å². The molecule has 0 aliphatic carbocycles. The molecule has 150 valence electrons. The maximum absolute atomic E-state index is 13.6.